The van der Waals surface area contributed by atoms with Gasteiger partial charge in [0.05, 0.1) is 6.61 Å². The van der Waals surface area contributed by atoms with Crippen molar-refractivity contribution in [1.29, 1.82) is 0 Å². The molecule has 1 aliphatic rings. The van der Waals surface area contributed by atoms with Crippen molar-refractivity contribution in [2.24, 2.45) is 5.92 Å². The second-order valence-corrected chi connectivity index (χ2v) is 5.94. The molecule has 0 aliphatic heterocycles. The highest BCUT2D eigenvalue weighted by Gasteiger charge is 2.23. The van der Waals surface area contributed by atoms with Crippen LogP contribution in [0, 0.1) is 5.92 Å². The summed E-state index contributed by atoms with van der Waals surface area (Å²) in [5.74, 6) is 3.24. The fraction of sp³-hybridized carbons (Fsp3) is 1.00. The number of nitrogens with one attached hydrogen (secondary N) is 1. The Kier molecular flexibility index (Phi) is 6.02. The Balaban J connectivity index is 2.15. The maximum absolute atomic E-state index is 9.33. The van der Waals surface area contributed by atoms with Crippen molar-refractivity contribution in [3.05, 3.63) is 0 Å². The van der Waals surface area contributed by atoms with Gasteiger partial charge in [0.1, 0.15) is 0 Å². The first-order chi connectivity index (χ1) is 7.20. The van der Waals surface area contributed by atoms with E-state index in [1.807, 2.05) is 11.8 Å². The highest BCUT2D eigenvalue weighted by Crippen LogP contribution is 2.28. The molecule has 0 spiro atoms. The fourth-order valence-electron chi connectivity index (χ4n) is 2.21. The Morgan fingerprint density at radius 1 is 1.40 bits per heavy atom. The molecule has 3 heteroatoms. The second kappa shape index (κ2) is 6.77. The lowest BCUT2D eigenvalue weighted by Crippen LogP contribution is -2.48. The normalized spacial score (nSPS) is 21.8. The summed E-state index contributed by atoms with van der Waals surface area (Å²) in [5.41, 5.74) is -0.0853. The average Bonchev–Trinajstić information content (AvgIpc) is 2.71. The van der Waals surface area contributed by atoms with E-state index in [0.29, 0.717) is 0 Å². The molecule has 1 aliphatic carbocycles. The van der Waals surface area contributed by atoms with Crippen molar-refractivity contribution in [3.8, 4) is 0 Å². The molecule has 1 unspecified atom stereocenters. The molecule has 1 saturated carbocycles. The molecular formula is C12H25NOS. The van der Waals surface area contributed by atoms with E-state index >= 15 is 0 Å². The monoisotopic (exact) mass is 231 g/mol. The molecular weight excluding hydrogens is 206 g/mol. The molecule has 0 radical (unpaired) electrons. The van der Waals surface area contributed by atoms with Gasteiger partial charge < -0.3 is 10.4 Å². The molecule has 15 heavy (non-hydrogen) atoms. The molecule has 90 valence electrons. The van der Waals surface area contributed by atoms with E-state index in [2.05, 4.69) is 19.2 Å². The summed E-state index contributed by atoms with van der Waals surface area (Å²) in [4.78, 5) is 0. The number of likely N-dealkylation sites (N-methyl/N-ethyl adjacent to an activating group) is 1. The number of hydrogen-bond acceptors (Lipinski definition) is 3. The molecule has 1 rings (SSSR count). The van der Waals surface area contributed by atoms with Crippen molar-refractivity contribution in [1.82, 2.24) is 5.32 Å². The summed E-state index contributed by atoms with van der Waals surface area (Å²) < 4.78 is 0. The van der Waals surface area contributed by atoms with E-state index in [4.69, 9.17) is 0 Å². The molecule has 1 atom stereocenters. The van der Waals surface area contributed by atoms with Crippen molar-refractivity contribution in [3.63, 3.8) is 0 Å². The van der Waals surface area contributed by atoms with E-state index in [9.17, 15) is 5.11 Å². The molecule has 0 heterocycles. The van der Waals surface area contributed by atoms with Crippen LogP contribution in [0.5, 0.6) is 0 Å². The van der Waals surface area contributed by atoms with E-state index in [0.717, 1.165) is 18.2 Å². The maximum atomic E-state index is 9.33. The summed E-state index contributed by atoms with van der Waals surface area (Å²) in [7, 11) is 0. The smallest absolute Gasteiger partial charge is 0.0618 e. The van der Waals surface area contributed by atoms with Gasteiger partial charge in [-0.2, -0.15) is 11.8 Å². The van der Waals surface area contributed by atoms with Gasteiger partial charge in [0.15, 0.2) is 0 Å². The third-order valence-corrected chi connectivity index (χ3v) is 4.75. The van der Waals surface area contributed by atoms with E-state index < -0.39 is 0 Å². The topological polar surface area (TPSA) is 32.3 Å². The van der Waals surface area contributed by atoms with Crippen LogP contribution in [-0.4, -0.2) is 35.3 Å². The van der Waals surface area contributed by atoms with Crippen molar-refractivity contribution in [2.45, 2.75) is 45.1 Å². The molecule has 0 aromatic heterocycles. The first kappa shape index (κ1) is 13.3. The third-order valence-electron chi connectivity index (χ3n) is 3.20. The summed E-state index contributed by atoms with van der Waals surface area (Å²) >= 11 is 2.00. The summed E-state index contributed by atoms with van der Waals surface area (Å²) in [6.07, 6.45) is 5.69. The van der Waals surface area contributed by atoms with Gasteiger partial charge in [-0.05, 0) is 38.0 Å². The SMILES string of the molecule is CCNC(C)(CO)CSCC1CCCC1. The van der Waals surface area contributed by atoms with Crippen LogP contribution in [0.1, 0.15) is 39.5 Å². The Labute approximate surface area is 98.2 Å². The van der Waals surface area contributed by atoms with Crippen LogP contribution in [0.15, 0.2) is 0 Å². The van der Waals surface area contributed by atoms with Gasteiger partial charge in [-0.25, -0.2) is 0 Å². The summed E-state index contributed by atoms with van der Waals surface area (Å²) in [6.45, 7) is 5.37. The summed E-state index contributed by atoms with van der Waals surface area (Å²) in [6, 6.07) is 0. The quantitative estimate of drug-likeness (QED) is 0.705. The van der Waals surface area contributed by atoms with Crippen LogP contribution in [0.4, 0.5) is 0 Å². The summed E-state index contributed by atoms with van der Waals surface area (Å²) in [5, 5.41) is 12.7. The minimum Gasteiger partial charge on any atom is -0.394 e. The Morgan fingerprint density at radius 2 is 2.07 bits per heavy atom. The maximum Gasteiger partial charge on any atom is 0.0618 e. The van der Waals surface area contributed by atoms with Crippen LogP contribution in [0.2, 0.25) is 0 Å². The highest BCUT2D eigenvalue weighted by molar-refractivity contribution is 7.99. The molecule has 0 amide bonds. The Bertz CT molecular complexity index is 171. The predicted molar refractivity (Wildman–Crippen MR) is 68.5 cm³/mol. The Morgan fingerprint density at radius 3 is 2.60 bits per heavy atom. The van der Waals surface area contributed by atoms with Gasteiger partial charge in [-0.15, -0.1) is 0 Å². The zero-order valence-electron chi connectivity index (χ0n) is 10.1. The fourth-order valence-corrected chi connectivity index (χ4v) is 3.64. The van der Waals surface area contributed by atoms with Gasteiger partial charge in [0.2, 0.25) is 0 Å². The minimum atomic E-state index is -0.0853. The first-order valence-electron chi connectivity index (χ1n) is 6.14. The number of hydrogen-bond donors (Lipinski definition) is 2. The minimum absolute atomic E-state index is 0.0853. The van der Waals surface area contributed by atoms with Crippen LogP contribution in [0.3, 0.4) is 0 Å². The number of thioether (sulfide) groups is 1. The standard InChI is InChI=1S/C12H25NOS/c1-3-13-12(2,9-14)10-15-8-11-6-4-5-7-11/h11,13-14H,3-10H2,1-2H3. The van der Waals surface area contributed by atoms with Gasteiger partial charge >= 0.3 is 0 Å². The Hall–Kier alpha value is 0.270. The molecule has 0 aromatic rings. The molecule has 0 bridgehead atoms. The van der Waals surface area contributed by atoms with Crippen molar-refractivity contribution in [2.75, 3.05) is 24.7 Å². The van der Waals surface area contributed by atoms with Gasteiger partial charge in [0, 0.05) is 11.3 Å². The van der Waals surface area contributed by atoms with Crippen LogP contribution in [-0.2, 0) is 0 Å². The van der Waals surface area contributed by atoms with Gasteiger partial charge in [0.25, 0.3) is 0 Å². The van der Waals surface area contributed by atoms with Gasteiger partial charge in [-0.3, -0.25) is 0 Å². The highest BCUT2D eigenvalue weighted by atomic mass is 32.2. The number of rotatable bonds is 7. The zero-order valence-corrected chi connectivity index (χ0v) is 10.9. The van der Waals surface area contributed by atoms with E-state index in [1.165, 1.54) is 31.4 Å². The molecule has 1 fully saturated rings. The largest absolute Gasteiger partial charge is 0.394 e. The van der Waals surface area contributed by atoms with Crippen LogP contribution in [0.25, 0.3) is 0 Å². The average molecular weight is 231 g/mol. The second-order valence-electron chi connectivity index (χ2n) is 4.91. The van der Waals surface area contributed by atoms with E-state index in [1.54, 1.807) is 0 Å². The van der Waals surface area contributed by atoms with Crippen molar-refractivity contribution >= 4 is 11.8 Å². The molecule has 2 nitrogen and oxygen atoms in total. The third kappa shape index (κ3) is 4.75. The lowest BCUT2D eigenvalue weighted by Gasteiger charge is -2.28. The molecule has 0 saturated heterocycles. The zero-order chi connectivity index (χ0) is 11.1. The molecule has 2 N–H and O–H groups in total. The van der Waals surface area contributed by atoms with Crippen molar-refractivity contribution < 1.29 is 5.11 Å². The number of aliphatic hydroxyl groups is 1. The number of aliphatic hydroxyl groups excluding tert-OH is 1. The predicted octanol–water partition coefficient (Wildman–Crippen LogP) is 2.27. The van der Waals surface area contributed by atoms with E-state index in [-0.39, 0.29) is 12.1 Å². The first-order valence-corrected chi connectivity index (χ1v) is 7.29. The lowest BCUT2D eigenvalue weighted by atomic mass is 10.1. The lowest BCUT2D eigenvalue weighted by molar-refractivity contribution is 0.194. The van der Waals surface area contributed by atoms with Crippen LogP contribution < -0.4 is 5.32 Å². The van der Waals surface area contributed by atoms with Crippen LogP contribution >= 0.6 is 11.8 Å². The molecule has 0 aromatic carbocycles. The van der Waals surface area contributed by atoms with Gasteiger partial charge in [-0.1, -0.05) is 19.8 Å².